The average Bonchev–Trinajstić information content (AvgIpc) is 3.53. The van der Waals surface area contributed by atoms with E-state index in [4.69, 9.17) is 9.31 Å². The summed E-state index contributed by atoms with van der Waals surface area (Å²) in [7, 11) is -0.378. The summed E-state index contributed by atoms with van der Waals surface area (Å²) < 4.78 is 15.0. The Labute approximate surface area is 271 Å². The molecule has 0 unspecified atom stereocenters. The first-order valence-corrected chi connectivity index (χ1v) is 16.0. The van der Waals surface area contributed by atoms with E-state index in [1.54, 1.807) is 0 Å². The number of hydrogen-bond donors (Lipinski definition) is 0. The Kier molecular flexibility index (Phi) is 6.75. The Morgan fingerprint density at radius 2 is 0.935 bits per heavy atom. The molecule has 2 heterocycles. The van der Waals surface area contributed by atoms with Gasteiger partial charge in [0.05, 0.1) is 22.2 Å². The van der Waals surface area contributed by atoms with Crippen molar-refractivity contribution in [1.82, 2.24) is 4.57 Å². The molecule has 1 aliphatic rings. The standard InChI is InChI=1S/C42H36BNO2/c1-41(2)42(3,4)46-43(45-41)35-14-10-13-33(27-35)31-17-19-32(20-18-31)34-23-26-38-37-15-8-9-16-39(37)44(40(38)28-34)36-24-21-30(22-25-36)29-11-6-5-7-12-29/h5-28H,1-4H3. The molecule has 7 aromatic rings. The molecule has 0 amide bonds. The number of fused-ring (bicyclic) bond motifs is 3. The Bertz CT molecular complexity index is 2180. The lowest BCUT2D eigenvalue weighted by atomic mass is 9.78. The minimum atomic E-state index is -0.378. The van der Waals surface area contributed by atoms with Crippen molar-refractivity contribution in [3.63, 3.8) is 0 Å². The van der Waals surface area contributed by atoms with E-state index >= 15 is 0 Å². The first-order valence-electron chi connectivity index (χ1n) is 16.0. The first-order chi connectivity index (χ1) is 22.3. The van der Waals surface area contributed by atoms with Crippen molar-refractivity contribution in [2.24, 2.45) is 0 Å². The van der Waals surface area contributed by atoms with Crippen LogP contribution in [0.25, 0.3) is 60.9 Å². The minimum absolute atomic E-state index is 0.367. The van der Waals surface area contributed by atoms with Crippen molar-refractivity contribution < 1.29 is 9.31 Å². The molecule has 0 radical (unpaired) electrons. The predicted molar refractivity (Wildman–Crippen MR) is 193 cm³/mol. The van der Waals surface area contributed by atoms with Crippen molar-refractivity contribution in [3.8, 4) is 39.1 Å². The SMILES string of the molecule is CC1(C)OB(c2cccc(-c3ccc(-c4ccc5c6ccccc6n(-c6ccc(-c7ccccc7)cc6)c5c4)cc3)c2)OC1(C)C. The summed E-state index contributed by atoms with van der Waals surface area (Å²) in [4.78, 5) is 0. The summed E-state index contributed by atoms with van der Waals surface area (Å²) in [6.45, 7) is 8.37. The molecule has 0 spiro atoms. The van der Waals surface area contributed by atoms with Gasteiger partial charge in [-0.3, -0.25) is 0 Å². The van der Waals surface area contributed by atoms with Gasteiger partial charge in [-0.25, -0.2) is 0 Å². The van der Waals surface area contributed by atoms with Gasteiger partial charge in [0.25, 0.3) is 0 Å². The summed E-state index contributed by atoms with van der Waals surface area (Å²) in [5.74, 6) is 0. The molecule has 4 heteroatoms. The zero-order valence-electron chi connectivity index (χ0n) is 26.7. The highest BCUT2D eigenvalue weighted by Gasteiger charge is 2.51. The van der Waals surface area contributed by atoms with E-state index in [2.05, 4.69) is 178 Å². The second kappa shape index (κ2) is 10.9. The second-order valence-corrected chi connectivity index (χ2v) is 13.3. The van der Waals surface area contributed by atoms with E-state index in [9.17, 15) is 0 Å². The average molecular weight is 598 g/mol. The highest BCUT2D eigenvalue weighted by Crippen LogP contribution is 2.38. The van der Waals surface area contributed by atoms with E-state index in [-0.39, 0.29) is 18.3 Å². The van der Waals surface area contributed by atoms with Crippen LogP contribution in [0.1, 0.15) is 27.7 Å². The first kappa shape index (κ1) is 28.6. The van der Waals surface area contributed by atoms with E-state index in [0.29, 0.717) is 0 Å². The second-order valence-electron chi connectivity index (χ2n) is 13.3. The molecule has 0 bridgehead atoms. The third-order valence-corrected chi connectivity index (χ3v) is 9.87. The molecule has 1 aliphatic heterocycles. The van der Waals surface area contributed by atoms with Crippen molar-refractivity contribution in [1.29, 1.82) is 0 Å². The van der Waals surface area contributed by atoms with Gasteiger partial charge in [0.2, 0.25) is 0 Å². The van der Waals surface area contributed by atoms with Crippen molar-refractivity contribution in [3.05, 3.63) is 146 Å². The van der Waals surface area contributed by atoms with E-state index in [1.807, 2.05) is 0 Å². The molecule has 0 atom stereocenters. The molecular formula is C42H36BNO2. The van der Waals surface area contributed by atoms with Gasteiger partial charge in [-0.15, -0.1) is 0 Å². The maximum atomic E-state index is 6.32. The van der Waals surface area contributed by atoms with Gasteiger partial charge in [0.1, 0.15) is 0 Å². The van der Waals surface area contributed by atoms with E-state index < -0.39 is 0 Å². The van der Waals surface area contributed by atoms with Gasteiger partial charge < -0.3 is 13.9 Å². The number of para-hydroxylation sites is 1. The predicted octanol–water partition coefficient (Wildman–Crippen LogP) is 10.1. The maximum absolute atomic E-state index is 6.32. The lowest BCUT2D eigenvalue weighted by molar-refractivity contribution is 0.00578. The van der Waals surface area contributed by atoms with Crippen LogP contribution in [0.4, 0.5) is 0 Å². The summed E-state index contributed by atoms with van der Waals surface area (Å²) in [5.41, 5.74) is 11.0. The zero-order chi connectivity index (χ0) is 31.5. The molecular weight excluding hydrogens is 561 g/mol. The Hall–Kier alpha value is -4.90. The number of benzene rings is 6. The number of nitrogens with zero attached hydrogens (tertiary/aromatic N) is 1. The number of rotatable bonds is 5. The van der Waals surface area contributed by atoms with Crippen LogP contribution in [0.2, 0.25) is 0 Å². The van der Waals surface area contributed by atoms with Crippen LogP contribution in [0.5, 0.6) is 0 Å². The highest BCUT2D eigenvalue weighted by atomic mass is 16.7. The molecule has 224 valence electrons. The molecule has 6 aromatic carbocycles. The lowest BCUT2D eigenvalue weighted by Crippen LogP contribution is -2.41. The molecule has 0 saturated carbocycles. The van der Waals surface area contributed by atoms with Gasteiger partial charge in [0.15, 0.2) is 0 Å². The lowest BCUT2D eigenvalue weighted by Gasteiger charge is -2.32. The largest absolute Gasteiger partial charge is 0.494 e. The van der Waals surface area contributed by atoms with Crippen LogP contribution < -0.4 is 5.46 Å². The van der Waals surface area contributed by atoms with Crippen molar-refractivity contribution in [2.45, 2.75) is 38.9 Å². The van der Waals surface area contributed by atoms with Gasteiger partial charge in [-0.2, -0.15) is 0 Å². The van der Waals surface area contributed by atoms with Gasteiger partial charge in [-0.05, 0) is 90.8 Å². The molecule has 1 fully saturated rings. The fourth-order valence-electron chi connectivity index (χ4n) is 6.56. The van der Waals surface area contributed by atoms with Crippen molar-refractivity contribution >= 4 is 34.4 Å². The fourth-order valence-corrected chi connectivity index (χ4v) is 6.56. The van der Waals surface area contributed by atoms with Crippen LogP contribution in [-0.2, 0) is 9.31 Å². The maximum Gasteiger partial charge on any atom is 0.494 e. The molecule has 0 N–H and O–H groups in total. The normalized spacial score (nSPS) is 15.5. The summed E-state index contributed by atoms with van der Waals surface area (Å²) >= 11 is 0. The van der Waals surface area contributed by atoms with Gasteiger partial charge >= 0.3 is 7.12 Å². The Balaban J connectivity index is 1.14. The Morgan fingerprint density at radius 3 is 1.63 bits per heavy atom. The quantitative estimate of drug-likeness (QED) is 0.184. The van der Waals surface area contributed by atoms with Crippen LogP contribution in [0, 0.1) is 0 Å². The highest BCUT2D eigenvalue weighted by molar-refractivity contribution is 6.62. The molecule has 3 nitrogen and oxygen atoms in total. The van der Waals surface area contributed by atoms with Crippen molar-refractivity contribution in [2.75, 3.05) is 0 Å². The molecule has 0 aliphatic carbocycles. The summed E-state index contributed by atoms with van der Waals surface area (Å²) in [5, 5.41) is 2.51. The number of aromatic nitrogens is 1. The van der Waals surface area contributed by atoms with Crippen LogP contribution in [0.15, 0.2) is 146 Å². The summed E-state index contributed by atoms with van der Waals surface area (Å²) in [6.07, 6.45) is 0. The summed E-state index contributed by atoms with van der Waals surface area (Å²) in [6, 6.07) is 52.3. The number of hydrogen-bond acceptors (Lipinski definition) is 2. The monoisotopic (exact) mass is 597 g/mol. The minimum Gasteiger partial charge on any atom is -0.399 e. The third-order valence-electron chi connectivity index (χ3n) is 9.87. The molecule has 1 saturated heterocycles. The van der Waals surface area contributed by atoms with Crippen LogP contribution >= 0.6 is 0 Å². The smallest absolute Gasteiger partial charge is 0.399 e. The van der Waals surface area contributed by atoms with E-state index in [0.717, 1.165) is 22.3 Å². The third kappa shape index (κ3) is 4.86. The van der Waals surface area contributed by atoms with Gasteiger partial charge in [-0.1, -0.05) is 121 Å². The molecule has 1 aromatic heterocycles. The Morgan fingerprint density at radius 1 is 0.435 bits per heavy atom. The molecule has 8 rings (SSSR count). The van der Waals surface area contributed by atoms with Crippen LogP contribution in [0.3, 0.4) is 0 Å². The van der Waals surface area contributed by atoms with E-state index in [1.165, 1.54) is 44.1 Å². The topological polar surface area (TPSA) is 23.4 Å². The fraction of sp³-hybridized carbons (Fsp3) is 0.143. The molecule has 46 heavy (non-hydrogen) atoms. The van der Waals surface area contributed by atoms with Crippen LogP contribution in [-0.4, -0.2) is 22.9 Å². The van der Waals surface area contributed by atoms with Gasteiger partial charge in [0, 0.05) is 16.5 Å². The zero-order valence-corrected chi connectivity index (χ0v) is 26.7.